The summed E-state index contributed by atoms with van der Waals surface area (Å²) < 4.78 is 31.7. The number of ether oxygens (including phenoxy) is 1. The molecule has 0 fully saturated rings. The van der Waals surface area contributed by atoms with Gasteiger partial charge in [-0.1, -0.05) is 29.3 Å². The first-order valence-corrected chi connectivity index (χ1v) is 11.1. The molecule has 0 saturated carbocycles. The molecule has 0 aliphatic rings. The highest BCUT2D eigenvalue weighted by Gasteiger charge is 2.16. The van der Waals surface area contributed by atoms with E-state index in [-0.39, 0.29) is 28.7 Å². The predicted octanol–water partition coefficient (Wildman–Crippen LogP) is 3.16. The number of pyridine rings is 1. The van der Waals surface area contributed by atoms with Crippen molar-refractivity contribution in [2.75, 3.05) is 18.5 Å². The van der Waals surface area contributed by atoms with E-state index in [9.17, 15) is 18.0 Å². The third kappa shape index (κ3) is 6.66. The molecule has 2 rings (SSSR count). The number of aryl methyl sites for hydroxylation is 3. The molecule has 1 aromatic carbocycles. The molecule has 0 unspecified atom stereocenters. The van der Waals surface area contributed by atoms with Crippen molar-refractivity contribution in [1.82, 2.24) is 9.71 Å². The van der Waals surface area contributed by atoms with Crippen LogP contribution in [0.3, 0.4) is 0 Å². The molecule has 0 spiro atoms. The molecule has 8 nitrogen and oxygen atoms in total. The average molecular weight is 474 g/mol. The minimum atomic E-state index is -3.75. The third-order valence-electron chi connectivity index (χ3n) is 4.14. The van der Waals surface area contributed by atoms with Crippen LogP contribution in [0, 0.1) is 20.8 Å². The fraction of sp³-hybridized carbons (Fsp3) is 0.316. The van der Waals surface area contributed by atoms with E-state index < -0.39 is 28.5 Å². The topological polar surface area (TPSA) is 114 Å². The zero-order valence-corrected chi connectivity index (χ0v) is 18.9. The number of benzene rings is 1. The monoisotopic (exact) mass is 473 g/mol. The molecule has 0 radical (unpaired) electrons. The van der Waals surface area contributed by atoms with Crippen LogP contribution in [-0.4, -0.2) is 38.4 Å². The Kier molecular flexibility index (Phi) is 8.19. The summed E-state index contributed by atoms with van der Waals surface area (Å²) in [4.78, 5) is 27.9. The standard InChI is InChI=1S/C19H21Cl2N3O5S/c1-11-4-5-14(8-12(11)2)30(27,28)22-7-6-18(26)29-10-17(25)24-19-16(21)9-15(20)13(3)23-19/h4-5,8-9,22H,6-7,10H2,1-3H3,(H,23,24,25). The number of amides is 1. The molecular weight excluding hydrogens is 453 g/mol. The second-order valence-corrected chi connectivity index (χ2v) is 9.07. The molecule has 0 bridgehead atoms. The number of hydrogen-bond acceptors (Lipinski definition) is 6. The summed E-state index contributed by atoms with van der Waals surface area (Å²) in [6.45, 7) is 4.60. The molecule has 2 aromatic rings. The van der Waals surface area contributed by atoms with Gasteiger partial charge in [-0.3, -0.25) is 9.59 Å². The number of nitrogens with one attached hydrogen (secondary N) is 2. The van der Waals surface area contributed by atoms with Crippen molar-refractivity contribution in [3.63, 3.8) is 0 Å². The quantitative estimate of drug-likeness (QED) is 0.568. The van der Waals surface area contributed by atoms with Crippen molar-refractivity contribution >= 4 is 50.9 Å². The number of halogens is 2. The van der Waals surface area contributed by atoms with E-state index in [1.165, 1.54) is 12.1 Å². The van der Waals surface area contributed by atoms with Gasteiger partial charge in [-0.05, 0) is 50.1 Å². The number of anilines is 1. The van der Waals surface area contributed by atoms with E-state index in [2.05, 4.69) is 15.0 Å². The number of esters is 1. The SMILES string of the molecule is Cc1ccc(S(=O)(=O)NCCC(=O)OCC(=O)Nc2nc(C)c(Cl)cc2Cl)cc1C. The number of carbonyl (C=O) groups excluding carboxylic acids is 2. The summed E-state index contributed by atoms with van der Waals surface area (Å²) in [6, 6.07) is 6.19. The number of nitrogens with zero attached hydrogens (tertiary/aromatic N) is 1. The number of aromatic nitrogens is 1. The molecule has 0 saturated heterocycles. The van der Waals surface area contributed by atoms with Crippen molar-refractivity contribution in [1.29, 1.82) is 0 Å². The Morgan fingerprint density at radius 3 is 2.43 bits per heavy atom. The van der Waals surface area contributed by atoms with Gasteiger partial charge in [0.15, 0.2) is 12.4 Å². The highest BCUT2D eigenvalue weighted by Crippen LogP contribution is 2.25. The summed E-state index contributed by atoms with van der Waals surface area (Å²) in [5.74, 6) is -1.28. The Hall–Kier alpha value is -2.20. The van der Waals surface area contributed by atoms with Gasteiger partial charge in [0, 0.05) is 6.54 Å². The molecule has 0 aliphatic carbocycles. The average Bonchev–Trinajstić information content (AvgIpc) is 2.66. The minimum Gasteiger partial charge on any atom is -0.456 e. The van der Waals surface area contributed by atoms with Crippen LogP contribution in [-0.2, 0) is 24.3 Å². The van der Waals surface area contributed by atoms with Crippen molar-refractivity contribution in [2.45, 2.75) is 32.1 Å². The Labute approximate surface area is 185 Å². The maximum absolute atomic E-state index is 12.3. The first kappa shape index (κ1) is 24.1. The first-order valence-electron chi connectivity index (χ1n) is 8.84. The fourth-order valence-corrected chi connectivity index (χ4v) is 3.81. The highest BCUT2D eigenvalue weighted by molar-refractivity contribution is 7.89. The second-order valence-electron chi connectivity index (χ2n) is 6.49. The Bertz CT molecular complexity index is 1070. The summed E-state index contributed by atoms with van der Waals surface area (Å²) in [6.07, 6.45) is -0.240. The van der Waals surface area contributed by atoms with Crippen LogP contribution < -0.4 is 10.0 Å². The van der Waals surface area contributed by atoms with Crippen LogP contribution in [0.25, 0.3) is 0 Å². The number of hydrogen-bond donors (Lipinski definition) is 2. The molecular formula is C19H21Cl2N3O5S. The van der Waals surface area contributed by atoms with Crippen molar-refractivity contribution in [3.05, 3.63) is 51.1 Å². The van der Waals surface area contributed by atoms with Crippen LogP contribution in [0.1, 0.15) is 23.2 Å². The third-order valence-corrected chi connectivity index (χ3v) is 6.27. The highest BCUT2D eigenvalue weighted by atomic mass is 35.5. The molecule has 162 valence electrons. The molecule has 11 heteroatoms. The van der Waals surface area contributed by atoms with E-state index >= 15 is 0 Å². The lowest BCUT2D eigenvalue weighted by Crippen LogP contribution is -2.28. The normalized spacial score (nSPS) is 11.2. The Morgan fingerprint density at radius 2 is 1.77 bits per heavy atom. The van der Waals surface area contributed by atoms with E-state index in [1.54, 1.807) is 19.1 Å². The zero-order valence-electron chi connectivity index (χ0n) is 16.6. The lowest BCUT2D eigenvalue weighted by atomic mass is 10.1. The second kappa shape index (κ2) is 10.2. The molecule has 2 N–H and O–H groups in total. The van der Waals surface area contributed by atoms with Crippen molar-refractivity contribution in [2.24, 2.45) is 0 Å². The van der Waals surface area contributed by atoms with Crippen LogP contribution in [0.2, 0.25) is 10.0 Å². The van der Waals surface area contributed by atoms with Gasteiger partial charge < -0.3 is 10.1 Å². The number of carbonyl (C=O) groups is 2. The van der Waals surface area contributed by atoms with Gasteiger partial charge in [-0.25, -0.2) is 18.1 Å². The largest absolute Gasteiger partial charge is 0.456 e. The molecule has 1 aromatic heterocycles. The Balaban J connectivity index is 1.80. The molecule has 0 atom stereocenters. The summed E-state index contributed by atoms with van der Waals surface area (Å²) in [5, 5.41) is 2.91. The van der Waals surface area contributed by atoms with Gasteiger partial charge in [0.1, 0.15) is 0 Å². The first-order chi connectivity index (χ1) is 14.0. The Morgan fingerprint density at radius 1 is 1.07 bits per heavy atom. The number of sulfonamides is 1. The smallest absolute Gasteiger partial charge is 0.307 e. The predicted molar refractivity (Wildman–Crippen MR) is 114 cm³/mol. The van der Waals surface area contributed by atoms with Gasteiger partial charge in [-0.15, -0.1) is 0 Å². The van der Waals surface area contributed by atoms with Gasteiger partial charge in [-0.2, -0.15) is 0 Å². The summed E-state index contributed by atoms with van der Waals surface area (Å²) >= 11 is 11.8. The van der Waals surface area contributed by atoms with Crippen LogP contribution in [0.15, 0.2) is 29.2 Å². The van der Waals surface area contributed by atoms with E-state index in [1.807, 2.05) is 13.8 Å². The molecule has 1 amide bonds. The number of rotatable bonds is 8. The zero-order chi connectivity index (χ0) is 22.5. The van der Waals surface area contributed by atoms with Gasteiger partial charge in [0.2, 0.25) is 10.0 Å². The van der Waals surface area contributed by atoms with Crippen molar-refractivity contribution < 1.29 is 22.7 Å². The fourth-order valence-electron chi connectivity index (χ4n) is 2.28. The van der Waals surface area contributed by atoms with Gasteiger partial charge >= 0.3 is 5.97 Å². The van der Waals surface area contributed by atoms with Crippen molar-refractivity contribution in [3.8, 4) is 0 Å². The molecule has 0 aliphatic heterocycles. The minimum absolute atomic E-state index is 0.0979. The molecule has 1 heterocycles. The van der Waals surface area contributed by atoms with E-state index in [0.717, 1.165) is 11.1 Å². The van der Waals surface area contributed by atoms with Crippen LogP contribution >= 0.6 is 23.2 Å². The maximum Gasteiger partial charge on any atom is 0.307 e. The van der Waals surface area contributed by atoms with Gasteiger partial charge in [0.05, 0.1) is 27.1 Å². The van der Waals surface area contributed by atoms with Crippen LogP contribution in [0.5, 0.6) is 0 Å². The lowest BCUT2D eigenvalue weighted by Gasteiger charge is -2.10. The summed E-state index contributed by atoms with van der Waals surface area (Å²) in [7, 11) is -3.75. The van der Waals surface area contributed by atoms with E-state index in [0.29, 0.717) is 10.7 Å². The lowest BCUT2D eigenvalue weighted by molar-refractivity contribution is -0.147. The maximum atomic E-state index is 12.3. The van der Waals surface area contributed by atoms with E-state index in [4.69, 9.17) is 27.9 Å². The summed E-state index contributed by atoms with van der Waals surface area (Å²) in [5.41, 5.74) is 2.29. The van der Waals surface area contributed by atoms with Gasteiger partial charge in [0.25, 0.3) is 5.91 Å². The molecule has 30 heavy (non-hydrogen) atoms. The van der Waals surface area contributed by atoms with Crippen LogP contribution in [0.4, 0.5) is 5.82 Å².